The van der Waals surface area contributed by atoms with E-state index in [0.29, 0.717) is 23.0 Å². The molecule has 1 aliphatic rings. The van der Waals surface area contributed by atoms with E-state index in [4.69, 9.17) is 23.7 Å². The lowest BCUT2D eigenvalue weighted by Crippen LogP contribution is -2.10. The van der Waals surface area contributed by atoms with Crippen molar-refractivity contribution >= 4 is 0 Å². The minimum Gasteiger partial charge on any atom is -0.502 e. The molecule has 1 fully saturated rings. The fourth-order valence-corrected chi connectivity index (χ4v) is 3.88. The topological polar surface area (TPSA) is 86.6 Å². The Morgan fingerprint density at radius 2 is 0.897 bits per heavy atom. The summed E-state index contributed by atoms with van der Waals surface area (Å²) in [6.07, 6.45) is -0.464. The molecule has 1 heterocycles. The lowest BCUT2D eigenvalue weighted by molar-refractivity contribution is 0.0285. The third-order valence-corrected chi connectivity index (χ3v) is 5.74. The summed E-state index contributed by atoms with van der Waals surface area (Å²) in [5.74, 6) is 1.59. The highest BCUT2D eigenvalue weighted by molar-refractivity contribution is 5.55. The summed E-state index contributed by atoms with van der Waals surface area (Å²) in [7, 11) is 5.99. The van der Waals surface area contributed by atoms with Crippen LogP contribution in [0.3, 0.4) is 0 Å². The van der Waals surface area contributed by atoms with Crippen molar-refractivity contribution in [3.05, 3.63) is 35.4 Å². The monoisotopic (exact) mass is 404 g/mol. The van der Waals surface area contributed by atoms with E-state index >= 15 is 0 Å². The first-order valence-corrected chi connectivity index (χ1v) is 9.41. The van der Waals surface area contributed by atoms with Gasteiger partial charge in [-0.25, -0.2) is 0 Å². The zero-order valence-electron chi connectivity index (χ0n) is 17.6. The lowest BCUT2D eigenvalue weighted by Gasteiger charge is -2.19. The van der Waals surface area contributed by atoms with E-state index in [0.717, 1.165) is 11.1 Å². The molecule has 0 amide bonds. The van der Waals surface area contributed by atoms with E-state index in [9.17, 15) is 10.2 Å². The van der Waals surface area contributed by atoms with Gasteiger partial charge in [0.05, 0.1) is 40.6 Å². The molecule has 0 spiro atoms. The molecule has 0 unspecified atom stereocenters. The molecular weight excluding hydrogens is 376 g/mol. The fraction of sp³-hybridized carbons (Fsp3) is 0.455. The normalized spacial score (nSPS) is 23.7. The van der Waals surface area contributed by atoms with Gasteiger partial charge in [-0.15, -0.1) is 0 Å². The maximum atomic E-state index is 10.2. The van der Waals surface area contributed by atoms with Crippen LogP contribution in [0.25, 0.3) is 0 Å². The second kappa shape index (κ2) is 8.29. The summed E-state index contributed by atoms with van der Waals surface area (Å²) in [6.45, 7) is 4.24. The van der Waals surface area contributed by atoms with Crippen molar-refractivity contribution in [3.8, 4) is 34.5 Å². The van der Waals surface area contributed by atoms with Crippen LogP contribution < -0.4 is 18.9 Å². The van der Waals surface area contributed by atoms with Gasteiger partial charge in [0.25, 0.3) is 0 Å². The van der Waals surface area contributed by atoms with Crippen LogP contribution in [0.4, 0.5) is 0 Å². The van der Waals surface area contributed by atoms with Gasteiger partial charge in [0.2, 0.25) is 11.5 Å². The van der Waals surface area contributed by atoms with Gasteiger partial charge in [-0.05, 0) is 47.2 Å². The molecule has 0 saturated carbocycles. The van der Waals surface area contributed by atoms with Crippen LogP contribution in [0.1, 0.15) is 37.2 Å². The molecule has 0 bridgehead atoms. The Hall–Kier alpha value is -2.80. The first kappa shape index (κ1) is 20.9. The number of phenolic OH excluding ortho intramolecular Hbond substituents is 2. The molecule has 7 heteroatoms. The molecule has 2 aromatic carbocycles. The standard InChI is InChI=1S/C22H28O7/c1-11-12(2)22(14-9-17(27-5)20(24)18(10-14)28-6)29-21(11)13-7-15(25-3)19(23)16(8-13)26-4/h7-12,21-24H,1-6H3/t11-,12-,21-,22-/m1/s1. The van der Waals surface area contributed by atoms with Crippen molar-refractivity contribution in [2.45, 2.75) is 26.1 Å². The van der Waals surface area contributed by atoms with Gasteiger partial charge >= 0.3 is 0 Å². The molecule has 2 aromatic rings. The average Bonchev–Trinajstić information content (AvgIpc) is 3.03. The molecule has 7 nitrogen and oxygen atoms in total. The van der Waals surface area contributed by atoms with Crippen LogP contribution in [0.15, 0.2) is 24.3 Å². The first-order valence-electron chi connectivity index (χ1n) is 9.41. The van der Waals surface area contributed by atoms with E-state index in [1.54, 1.807) is 24.3 Å². The van der Waals surface area contributed by atoms with Crippen LogP contribution in [0.5, 0.6) is 34.5 Å². The van der Waals surface area contributed by atoms with Crippen LogP contribution in [0, 0.1) is 11.8 Å². The summed E-state index contributed by atoms with van der Waals surface area (Å²) in [5, 5.41) is 20.4. The fourth-order valence-electron chi connectivity index (χ4n) is 3.88. The third-order valence-electron chi connectivity index (χ3n) is 5.74. The van der Waals surface area contributed by atoms with Crippen molar-refractivity contribution in [1.29, 1.82) is 0 Å². The predicted octanol–water partition coefficient (Wildman–Crippen LogP) is 4.22. The molecule has 0 aromatic heterocycles. The molecule has 29 heavy (non-hydrogen) atoms. The average molecular weight is 404 g/mol. The Balaban J connectivity index is 2.00. The van der Waals surface area contributed by atoms with Crippen molar-refractivity contribution < 1.29 is 33.9 Å². The smallest absolute Gasteiger partial charge is 0.200 e. The minimum absolute atomic E-state index is 0.0398. The van der Waals surface area contributed by atoms with Gasteiger partial charge in [0.15, 0.2) is 23.0 Å². The lowest BCUT2D eigenvalue weighted by atomic mass is 9.85. The predicted molar refractivity (Wildman–Crippen MR) is 107 cm³/mol. The maximum Gasteiger partial charge on any atom is 0.200 e. The summed E-state index contributed by atoms with van der Waals surface area (Å²) < 4.78 is 27.6. The second-order valence-electron chi connectivity index (χ2n) is 7.24. The molecular formula is C22H28O7. The number of hydrogen-bond donors (Lipinski definition) is 2. The van der Waals surface area contributed by atoms with Crippen LogP contribution in [-0.2, 0) is 4.74 Å². The van der Waals surface area contributed by atoms with Gasteiger partial charge in [-0.1, -0.05) is 13.8 Å². The number of aromatic hydroxyl groups is 2. The van der Waals surface area contributed by atoms with Crippen molar-refractivity contribution in [1.82, 2.24) is 0 Å². The van der Waals surface area contributed by atoms with E-state index in [-0.39, 0.29) is 35.5 Å². The Labute approximate surface area is 170 Å². The number of benzene rings is 2. The Bertz CT molecular complexity index is 758. The summed E-state index contributed by atoms with van der Waals surface area (Å²) in [5.41, 5.74) is 1.71. The summed E-state index contributed by atoms with van der Waals surface area (Å²) in [4.78, 5) is 0. The third kappa shape index (κ3) is 3.62. The number of phenols is 2. The van der Waals surface area contributed by atoms with Gasteiger partial charge in [-0.3, -0.25) is 0 Å². The molecule has 2 N–H and O–H groups in total. The maximum absolute atomic E-state index is 10.2. The van der Waals surface area contributed by atoms with Crippen molar-refractivity contribution in [3.63, 3.8) is 0 Å². The quantitative estimate of drug-likeness (QED) is 0.745. The van der Waals surface area contributed by atoms with E-state index in [2.05, 4.69) is 13.8 Å². The van der Waals surface area contributed by atoms with Gasteiger partial charge < -0.3 is 33.9 Å². The summed E-state index contributed by atoms with van der Waals surface area (Å²) >= 11 is 0. The number of hydrogen-bond acceptors (Lipinski definition) is 7. The number of rotatable bonds is 6. The van der Waals surface area contributed by atoms with E-state index in [1.807, 2.05) is 0 Å². The Morgan fingerprint density at radius 3 is 1.14 bits per heavy atom. The summed E-state index contributed by atoms with van der Waals surface area (Å²) in [6, 6.07) is 7.08. The molecule has 3 rings (SSSR count). The zero-order valence-corrected chi connectivity index (χ0v) is 17.6. The second-order valence-corrected chi connectivity index (χ2v) is 7.24. The largest absolute Gasteiger partial charge is 0.502 e. The highest BCUT2D eigenvalue weighted by atomic mass is 16.5. The Morgan fingerprint density at radius 1 is 0.621 bits per heavy atom. The highest BCUT2D eigenvalue weighted by Gasteiger charge is 2.41. The van der Waals surface area contributed by atoms with Crippen molar-refractivity contribution in [2.24, 2.45) is 11.8 Å². The zero-order chi connectivity index (χ0) is 21.3. The van der Waals surface area contributed by atoms with Crippen LogP contribution in [-0.4, -0.2) is 38.7 Å². The van der Waals surface area contributed by atoms with E-state index < -0.39 is 0 Å². The van der Waals surface area contributed by atoms with Crippen LogP contribution in [0.2, 0.25) is 0 Å². The van der Waals surface area contributed by atoms with Gasteiger partial charge in [-0.2, -0.15) is 0 Å². The number of methoxy groups -OCH3 is 4. The molecule has 1 aliphatic heterocycles. The molecule has 0 aliphatic carbocycles. The SMILES string of the molecule is COc1cc([C@@H]2O[C@@H](c3cc(OC)c(O)c(OC)c3)[C@H](C)[C@H]2C)cc(OC)c1O. The molecule has 158 valence electrons. The molecule has 1 saturated heterocycles. The van der Waals surface area contributed by atoms with Crippen molar-refractivity contribution in [2.75, 3.05) is 28.4 Å². The van der Waals surface area contributed by atoms with Gasteiger partial charge in [0.1, 0.15) is 0 Å². The number of ether oxygens (including phenoxy) is 5. The van der Waals surface area contributed by atoms with Gasteiger partial charge in [0, 0.05) is 0 Å². The van der Waals surface area contributed by atoms with Crippen LogP contribution >= 0.6 is 0 Å². The molecule has 0 radical (unpaired) electrons. The highest BCUT2D eigenvalue weighted by Crippen LogP contribution is 2.52. The molecule has 4 atom stereocenters. The Kier molecular flexibility index (Phi) is 5.98. The van der Waals surface area contributed by atoms with E-state index in [1.165, 1.54) is 28.4 Å². The minimum atomic E-state index is -0.232. The first-order chi connectivity index (χ1) is 13.9.